The Balaban J connectivity index is 0.000000173. The second kappa shape index (κ2) is 32.4. The number of amides is 9. The number of urea groups is 3. The van der Waals surface area contributed by atoms with Crippen LogP contribution in [-0.4, -0.2) is 86.0 Å². The van der Waals surface area contributed by atoms with E-state index in [0.29, 0.717) is 90.2 Å². The highest BCUT2D eigenvalue weighted by Gasteiger charge is 2.42. The Kier molecular flexibility index (Phi) is 24.8. The van der Waals surface area contributed by atoms with Gasteiger partial charge < -0.3 is 16.0 Å². The summed E-state index contributed by atoms with van der Waals surface area (Å²) in [6.07, 6.45) is 3.30. The van der Waals surface area contributed by atoms with Crippen LogP contribution in [0.5, 0.6) is 0 Å². The van der Waals surface area contributed by atoms with Gasteiger partial charge in [0.05, 0.1) is 11.4 Å². The van der Waals surface area contributed by atoms with Crippen LogP contribution in [0.3, 0.4) is 0 Å². The van der Waals surface area contributed by atoms with Crippen molar-refractivity contribution < 1.29 is 43.2 Å². The third-order valence-electron chi connectivity index (χ3n) is 14.8. The molecule has 23 heteroatoms. The van der Waals surface area contributed by atoms with Crippen LogP contribution in [0.25, 0.3) is 11.1 Å². The number of imide groups is 3. The quantitative estimate of drug-likeness (QED) is 0.0788. The highest BCUT2D eigenvalue weighted by atomic mass is 127. The van der Waals surface area contributed by atoms with E-state index >= 15 is 0 Å². The number of nitrogens with one attached hydrogen (secondary N) is 3. The molecule has 89 heavy (non-hydrogen) atoms. The molecule has 3 atom stereocenters. The number of hydrogen-bond acceptors (Lipinski definition) is 9. The SMILES string of the molecule is O=C(CCc1ccc(Cl)cc1Cl)[C@@H]1CCC(=O)N1C(=O)Nc1ccc(-c2ccccc2)cc1.O=C(CCc1ccc(Cl)cc1Cl)[C@@H]1CCC(=O)N1C(=O)Nc1ccccc1Br.O=C(CCc1ccc(Cl)cc1Cl)[C@@H]1CCC(=O)N1C(=O)Nc1ccccc1I. The number of hydrogen-bond donors (Lipinski definition) is 3. The van der Waals surface area contributed by atoms with Gasteiger partial charge in [-0.1, -0.05) is 155 Å². The van der Waals surface area contributed by atoms with E-state index < -0.39 is 36.2 Å². The summed E-state index contributed by atoms with van der Waals surface area (Å²) in [5.74, 6) is -1.54. The first kappa shape index (κ1) is 68.2. The van der Waals surface area contributed by atoms with Gasteiger partial charge in [0.25, 0.3) is 0 Å². The molecule has 0 saturated carbocycles. The van der Waals surface area contributed by atoms with Gasteiger partial charge in [0.2, 0.25) is 17.7 Å². The van der Waals surface area contributed by atoms with Gasteiger partial charge in [0.1, 0.15) is 18.1 Å². The first-order valence-electron chi connectivity index (χ1n) is 28.1. The zero-order valence-corrected chi connectivity index (χ0v) is 55.5. The molecular formula is C66H56BrCl6IN6O9. The third kappa shape index (κ3) is 18.5. The zero-order valence-electron chi connectivity index (χ0n) is 47.3. The Labute approximate surface area is 566 Å². The van der Waals surface area contributed by atoms with Crippen molar-refractivity contribution in [3.63, 3.8) is 0 Å². The minimum absolute atomic E-state index is 0.158. The predicted molar refractivity (Wildman–Crippen MR) is 361 cm³/mol. The van der Waals surface area contributed by atoms with Crippen molar-refractivity contribution >= 4 is 178 Å². The Bertz CT molecular complexity index is 3680. The van der Waals surface area contributed by atoms with Crippen molar-refractivity contribution in [1.82, 2.24) is 14.7 Å². The fraction of sp³-hybridized carbons (Fsp3) is 0.227. The first-order valence-corrected chi connectivity index (χ1v) is 32.2. The van der Waals surface area contributed by atoms with E-state index in [1.807, 2.05) is 60.7 Å². The normalized spacial score (nSPS) is 16.0. The predicted octanol–water partition coefficient (Wildman–Crippen LogP) is 17.2. The number of benzene rings is 7. The average molecular weight is 1500 g/mol. The second-order valence-corrected chi connectivity index (χ2v) is 25.3. The molecular weight excluding hydrogens is 1440 g/mol. The molecule has 0 spiro atoms. The van der Waals surface area contributed by atoms with Crippen LogP contribution in [0, 0.1) is 3.57 Å². The maximum absolute atomic E-state index is 12.9. The lowest BCUT2D eigenvalue weighted by molar-refractivity contribution is -0.131. The Morgan fingerprint density at radius 2 is 0.775 bits per heavy atom. The number of ketones is 3. The van der Waals surface area contributed by atoms with E-state index in [1.165, 1.54) is 0 Å². The molecule has 3 saturated heterocycles. The lowest BCUT2D eigenvalue weighted by Gasteiger charge is -2.22. The van der Waals surface area contributed by atoms with Crippen LogP contribution in [0.1, 0.15) is 74.5 Å². The average Bonchev–Trinajstić information content (AvgIpc) is 2.54. The fourth-order valence-corrected chi connectivity index (χ4v) is 12.6. The van der Waals surface area contributed by atoms with Gasteiger partial charge in [-0.25, -0.2) is 14.4 Å². The number of rotatable bonds is 16. The summed E-state index contributed by atoms with van der Waals surface area (Å²) in [7, 11) is 0. The summed E-state index contributed by atoms with van der Waals surface area (Å²) in [6.45, 7) is 0. The number of Topliss-reactive ketones (excluding diaryl/α,β-unsaturated/α-hetero) is 3. The van der Waals surface area contributed by atoms with Gasteiger partial charge in [-0.3, -0.25) is 43.5 Å². The summed E-state index contributed by atoms with van der Waals surface area (Å²) in [5, 5.41) is 11.2. The Hall–Kier alpha value is -6.68. The molecule has 460 valence electrons. The van der Waals surface area contributed by atoms with Crippen LogP contribution < -0.4 is 16.0 Å². The minimum atomic E-state index is -0.771. The molecule has 3 aliphatic heterocycles. The largest absolute Gasteiger partial charge is 0.329 e. The number of nitrogens with zero attached hydrogens (tertiary/aromatic N) is 3. The molecule has 3 fully saturated rings. The minimum Gasteiger partial charge on any atom is -0.307 e. The van der Waals surface area contributed by atoms with Crippen LogP contribution in [-0.2, 0) is 48.0 Å². The van der Waals surface area contributed by atoms with Crippen LogP contribution in [0.2, 0.25) is 30.1 Å². The molecule has 3 N–H and O–H groups in total. The molecule has 15 nitrogen and oxygen atoms in total. The molecule has 0 bridgehead atoms. The molecule has 3 heterocycles. The van der Waals surface area contributed by atoms with Gasteiger partial charge >= 0.3 is 18.1 Å². The van der Waals surface area contributed by atoms with Crippen LogP contribution >= 0.6 is 108 Å². The highest BCUT2D eigenvalue weighted by molar-refractivity contribution is 14.1. The monoisotopic (exact) mass is 1490 g/mol. The van der Waals surface area contributed by atoms with Crippen LogP contribution in [0.4, 0.5) is 31.4 Å². The van der Waals surface area contributed by atoms with Crippen molar-refractivity contribution in [2.75, 3.05) is 16.0 Å². The number of halogens is 8. The highest BCUT2D eigenvalue weighted by Crippen LogP contribution is 2.31. The number of aryl methyl sites for hydroxylation is 3. The van der Waals surface area contributed by atoms with Gasteiger partial charge in [0.15, 0.2) is 17.3 Å². The molecule has 0 aliphatic carbocycles. The molecule has 3 aliphatic rings. The first-order chi connectivity index (χ1) is 42.6. The number of para-hydroxylation sites is 2. The summed E-state index contributed by atoms with van der Waals surface area (Å²) >= 11 is 41.6. The van der Waals surface area contributed by atoms with Crippen LogP contribution in [0.15, 0.2) is 162 Å². The third-order valence-corrected chi connectivity index (χ3v) is 18.2. The smallest absolute Gasteiger partial charge is 0.307 e. The van der Waals surface area contributed by atoms with E-state index in [1.54, 1.807) is 97.1 Å². The van der Waals surface area contributed by atoms with Gasteiger partial charge in [0, 0.05) is 82.4 Å². The fourth-order valence-electron chi connectivity index (χ4n) is 10.2. The van der Waals surface area contributed by atoms with E-state index in [2.05, 4.69) is 54.5 Å². The van der Waals surface area contributed by atoms with Crippen molar-refractivity contribution in [3.8, 4) is 11.1 Å². The number of likely N-dealkylation sites (tertiary alicyclic amines) is 3. The van der Waals surface area contributed by atoms with E-state index in [4.69, 9.17) is 69.6 Å². The number of carbonyl (C=O) groups excluding carboxylic acids is 9. The lowest BCUT2D eigenvalue weighted by atomic mass is 10.0. The zero-order chi connectivity index (χ0) is 63.9. The molecule has 10 rings (SSSR count). The molecule has 9 amide bonds. The van der Waals surface area contributed by atoms with Gasteiger partial charge in [-0.2, -0.15) is 0 Å². The van der Waals surface area contributed by atoms with Crippen molar-refractivity contribution in [2.45, 2.75) is 95.2 Å². The summed E-state index contributed by atoms with van der Waals surface area (Å²) in [6, 6.07) is 42.9. The van der Waals surface area contributed by atoms with Crippen molar-refractivity contribution in [2.24, 2.45) is 0 Å². The Morgan fingerprint density at radius 3 is 1.17 bits per heavy atom. The second-order valence-electron chi connectivity index (χ2n) is 20.8. The summed E-state index contributed by atoms with van der Waals surface area (Å²) in [4.78, 5) is 117. The van der Waals surface area contributed by atoms with E-state index in [9.17, 15) is 43.2 Å². The topological polar surface area (TPSA) is 199 Å². The van der Waals surface area contributed by atoms with Gasteiger partial charge in [-0.05, 0) is 178 Å². The molecule has 0 unspecified atom stereocenters. The lowest BCUT2D eigenvalue weighted by Crippen LogP contribution is -2.45. The standard InChI is InChI=1S/C26H22Cl2N2O3.C20H17BrCl2N2O3.C20H17Cl2IN2O3/c27-20-10-6-19(22(28)16-20)9-14-24(31)23-13-15-25(32)30(23)26(33)29-21-11-7-18(8-12-21)17-4-2-1-3-5-17;21-14-3-1-2-4-16(14)24-20(28)25-17(8-10-19(25)27)18(26)9-6-12-5-7-13(22)11-15(12)23;21-13-7-5-12(14(22)11-13)6-9-18(26)17-8-10-19(27)25(17)20(28)24-16-4-2-1-3-15(16)23/h1-8,10-12,16,23H,9,13-15H2,(H,29,33);2*1-5,7,11,17H,6,8-10H2,(H,24,28)/t23-;2*17-/m000/s1. The maximum Gasteiger partial charge on any atom is 0.329 e. The number of carbonyl (C=O) groups is 9. The van der Waals surface area contributed by atoms with E-state index in [0.717, 1.165) is 46.1 Å². The molecule has 0 aromatic heterocycles. The number of anilines is 3. The Morgan fingerprint density at radius 1 is 0.427 bits per heavy atom. The van der Waals surface area contributed by atoms with E-state index in [-0.39, 0.29) is 73.6 Å². The molecule has 7 aromatic carbocycles. The van der Waals surface area contributed by atoms with Crippen molar-refractivity contribution in [3.05, 3.63) is 213 Å². The summed E-state index contributed by atoms with van der Waals surface area (Å²) < 4.78 is 1.54. The molecule has 7 aromatic rings. The summed E-state index contributed by atoms with van der Waals surface area (Å²) in [5.41, 5.74) is 6.17. The van der Waals surface area contributed by atoms with Crippen molar-refractivity contribution in [1.29, 1.82) is 0 Å². The maximum atomic E-state index is 12.9. The van der Waals surface area contributed by atoms with Gasteiger partial charge in [-0.15, -0.1) is 0 Å². The molecule has 0 radical (unpaired) electrons.